The van der Waals surface area contributed by atoms with Crippen LogP contribution in [0.2, 0.25) is 0 Å². The van der Waals surface area contributed by atoms with Gasteiger partial charge in [-0.05, 0) is 29.8 Å². The van der Waals surface area contributed by atoms with Crippen LogP contribution in [-0.2, 0) is 12.7 Å². The maximum absolute atomic E-state index is 12.6. The molecule has 9 heteroatoms. The molecule has 0 saturated carbocycles. The highest BCUT2D eigenvalue weighted by Crippen LogP contribution is 2.29. The number of para-hydroxylation sites is 1. The van der Waals surface area contributed by atoms with Crippen LogP contribution in [0.1, 0.15) is 21.8 Å². The summed E-state index contributed by atoms with van der Waals surface area (Å²) in [6.45, 7) is 0.270. The molecule has 2 aromatic heterocycles. The van der Waals surface area contributed by atoms with E-state index in [-0.39, 0.29) is 29.4 Å². The lowest BCUT2D eigenvalue weighted by atomic mass is 10.1. The van der Waals surface area contributed by atoms with Crippen LogP contribution in [0.4, 0.5) is 13.2 Å². The number of nitrogens with one attached hydrogen (secondary N) is 1. The van der Waals surface area contributed by atoms with Crippen molar-refractivity contribution in [1.29, 1.82) is 0 Å². The normalized spacial score (nSPS) is 11.6. The highest BCUT2D eigenvalue weighted by atomic mass is 19.4. The van der Waals surface area contributed by atoms with Gasteiger partial charge in [0.05, 0.1) is 5.52 Å². The predicted molar refractivity (Wildman–Crippen MR) is 97.6 cm³/mol. The Morgan fingerprint density at radius 1 is 1.07 bits per heavy atom. The quantitative estimate of drug-likeness (QED) is 0.556. The number of halogens is 3. The van der Waals surface area contributed by atoms with Crippen LogP contribution >= 0.6 is 0 Å². The molecule has 0 atom stereocenters. The first-order chi connectivity index (χ1) is 13.9. The van der Waals surface area contributed by atoms with Gasteiger partial charge in [0.25, 0.3) is 5.91 Å². The third-order valence-electron chi connectivity index (χ3n) is 4.23. The van der Waals surface area contributed by atoms with Crippen molar-refractivity contribution in [2.24, 2.45) is 0 Å². The first kappa shape index (κ1) is 18.6. The summed E-state index contributed by atoms with van der Waals surface area (Å²) in [5.41, 5.74) is 2.22. The summed E-state index contributed by atoms with van der Waals surface area (Å²) in [5.74, 6) is -2.06. The second kappa shape index (κ2) is 7.34. The summed E-state index contributed by atoms with van der Waals surface area (Å²) in [6, 6.07) is 15.4. The second-order valence-electron chi connectivity index (χ2n) is 6.17. The Labute approximate surface area is 162 Å². The summed E-state index contributed by atoms with van der Waals surface area (Å²) in [7, 11) is 0. The van der Waals surface area contributed by atoms with Crippen LogP contribution in [0.25, 0.3) is 22.3 Å². The van der Waals surface area contributed by atoms with E-state index < -0.39 is 12.1 Å². The van der Waals surface area contributed by atoms with Crippen molar-refractivity contribution in [1.82, 2.24) is 20.4 Å². The van der Waals surface area contributed by atoms with Gasteiger partial charge in [-0.2, -0.15) is 18.2 Å². The SMILES string of the molecule is O=C(NCc1ccnc2ccccc12)c1cccc(-c2noc(C(F)(F)F)n2)c1. The van der Waals surface area contributed by atoms with E-state index in [1.54, 1.807) is 12.3 Å². The van der Waals surface area contributed by atoms with Gasteiger partial charge in [-0.3, -0.25) is 9.78 Å². The molecule has 0 saturated heterocycles. The van der Waals surface area contributed by atoms with Crippen LogP contribution in [0.5, 0.6) is 0 Å². The highest BCUT2D eigenvalue weighted by Gasteiger charge is 2.38. The van der Waals surface area contributed by atoms with Crippen molar-refractivity contribution >= 4 is 16.8 Å². The number of pyridine rings is 1. The van der Waals surface area contributed by atoms with Crippen molar-refractivity contribution in [3.05, 3.63) is 77.8 Å². The van der Waals surface area contributed by atoms with E-state index in [9.17, 15) is 18.0 Å². The summed E-state index contributed by atoms with van der Waals surface area (Å²) in [5, 5.41) is 7.07. The maximum atomic E-state index is 12.6. The molecule has 1 amide bonds. The van der Waals surface area contributed by atoms with Gasteiger partial charge in [-0.15, -0.1) is 0 Å². The van der Waals surface area contributed by atoms with Gasteiger partial charge >= 0.3 is 12.1 Å². The number of alkyl halides is 3. The number of rotatable bonds is 4. The van der Waals surface area contributed by atoms with Gasteiger partial charge in [0.1, 0.15) is 0 Å². The molecule has 29 heavy (non-hydrogen) atoms. The molecule has 1 N–H and O–H groups in total. The first-order valence-corrected chi connectivity index (χ1v) is 8.54. The second-order valence-corrected chi connectivity index (χ2v) is 6.17. The van der Waals surface area contributed by atoms with Gasteiger partial charge in [0.15, 0.2) is 0 Å². The first-order valence-electron chi connectivity index (χ1n) is 8.54. The number of carbonyl (C=O) groups is 1. The third kappa shape index (κ3) is 3.93. The largest absolute Gasteiger partial charge is 0.471 e. The lowest BCUT2D eigenvalue weighted by molar-refractivity contribution is -0.159. The molecule has 0 aliphatic heterocycles. The number of hydrogen-bond donors (Lipinski definition) is 1. The molecule has 6 nitrogen and oxygen atoms in total. The Balaban J connectivity index is 1.52. The van der Waals surface area contributed by atoms with E-state index in [0.717, 1.165) is 16.5 Å². The Bertz CT molecular complexity index is 1180. The van der Waals surface area contributed by atoms with Crippen LogP contribution in [-0.4, -0.2) is 21.0 Å². The molecule has 2 aromatic carbocycles. The average molecular weight is 398 g/mol. The minimum atomic E-state index is -4.73. The van der Waals surface area contributed by atoms with Crippen molar-refractivity contribution in [3.8, 4) is 11.4 Å². The molecule has 4 rings (SSSR count). The monoisotopic (exact) mass is 398 g/mol. The smallest absolute Gasteiger partial charge is 0.348 e. The van der Waals surface area contributed by atoms with E-state index in [4.69, 9.17) is 0 Å². The van der Waals surface area contributed by atoms with E-state index in [0.29, 0.717) is 0 Å². The summed E-state index contributed by atoms with van der Waals surface area (Å²) in [4.78, 5) is 20.1. The third-order valence-corrected chi connectivity index (χ3v) is 4.23. The number of benzene rings is 2. The van der Waals surface area contributed by atoms with Gasteiger partial charge in [-0.25, -0.2) is 0 Å². The topological polar surface area (TPSA) is 80.9 Å². The molecule has 0 fully saturated rings. The van der Waals surface area contributed by atoms with Crippen molar-refractivity contribution in [2.75, 3.05) is 0 Å². The number of aromatic nitrogens is 3. The van der Waals surface area contributed by atoms with Gasteiger partial charge < -0.3 is 9.84 Å². The Morgan fingerprint density at radius 3 is 2.69 bits per heavy atom. The molecule has 0 aliphatic rings. The standard InChI is InChI=1S/C20H13F3N4O2/c21-20(22,23)19-26-17(27-29-19)12-4-3-5-13(10-12)18(28)25-11-14-8-9-24-16-7-2-1-6-15(14)16/h1-10H,11H2,(H,25,28). The van der Waals surface area contributed by atoms with E-state index in [1.165, 1.54) is 18.2 Å². The molecular weight excluding hydrogens is 385 g/mol. The molecular formula is C20H13F3N4O2. The Kier molecular flexibility index (Phi) is 4.71. The molecule has 0 radical (unpaired) electrons. The van der Waals surface area contributed by atoms with Crippen LogP contribution < -0.4 is 5.32 Å². The number of hydrogen-bond acceptors (Lipinski definition) is 5. The molecule has 2 heterocycles. The lowest BCUT2D eigenvalue weighted by Crippen LogP contribution is -2.23. The highest BCUT2D eigenvalue weighted by molar-refractivity contribution is 5.95. The summed E-state index contributed by atoms with van der Waals surface area (Å²) in [6.07, 6.45) is -3.06. The van der Waals surface area contributed by atoms with Gasteiger partial charge in [-0.1, -0.05) is 35.5 Å². The van der Waals surface area contributed by atoms with Gasteiger partial charge in [0, 0.05) is 29.3 Å². The fourth-order valence-corrected chi connectivity index (χ4v) is 2.84. The average Bonchev–Trinajstić information content (AvgIpc) is 3.23. The summed E-state index contributed by atoms with van der Waals surface area (Å²) < 4.78 is 42.1. The Hall–Kier alpha value is -3.75. The zero-order valence-corrected chi connectivity index (χ0v) is 14.8. The van der Waals surface area contributed by atoms with Crippen LogP contribution in [0.3, 0.4) is 0 Å². The molecule has 0 unspecified atom stereocenters. The predicted octanol–water partition coefficient (Wildman–Crippen LogP) is 4.23. The zero-order chi connectivity index (χ0) is 20.4. The number of fused-ring (bicyclic) bond motifs is 1. The van der Waals surface area contributed by atoms with E-state index in [2.05, 4.69) is 25.0 Å². The number of nitrogens with zero attached hydrogens (tertiary/aromatic N) is 3. The minimum absolute atomic E-state index is 0.242. The lowest BCUT2D eigenvalue weighted by Gasteiger charge is -2.08. The fourth-order valence-electron chi connectivity index (χ4n) is 2.84. The molecule has 0 spiro atoms. The fraction of sp³-hybridized carbons (Fsp3) is 0.100. The molecule has 0 bridgehead atoms. The maximum Gasteiger partial charge on any atom is 0.471 e. The number of amides is 1. The van der Waals surface area contributed by atoms with Crippen LogP contribution in [0, 0.1) is 0 Å². The van der Waals surface area contributed by atoms with Gasteiger partial charge in [0.2, 0.25) is 5.82 Å². The minimum Gasteiger partial charge on any atom is -0.348 e. The van der Waals surface area contributed by atoms with Crippen molar-refractivity contribution < 1.29 is 22.5 Å². The summed E-state index contributed by atoms with van der Waals surface area (Å²) >= 11 is 0. The van der Waals surface area contributed by atoms with Crippen LogP contribution in [0.15, 0.2) is 65.3 Å². The van der Waals surface area contributed by atoms with Crippen molar-refractivity contribution in [3.63, 3.8) is 0 Å². The van der Waals surface area contributed by atoms with Crippen molar-refractivity contribution in [2.45, 2.75) is 12.7 Å². The molecule has 0 aliphatic carbocycles. The molecule has 146 valence electrons. The van der Waals surface area contributed by atoms with E-state index in [1.807, 2.05) is 30.3 Å². The Morgan fingerprint density at radius 2 is 1.90 bits per heavy atom. The molecule has 4 aromatic rings. The number of carbonyl (C=O) groups excluding carboxylic acids is 1. The van der Waals surface area contributed by atoms with E-state index >= 15 is 0 Å². The zero-order valence-electron chi connectivity index (χ0n) is 14.8.